The van der Waals surface area contributed by atoms with Gasteiger partial charge in [-0.3, -0.25) is 9.78 Å². The molecule has 1 aromatic heterocycles. The number of nitrogens with one attached hydrogen (secondary N) is 2. The van der Waals surface area contributed by atoms with Crippen molar-refractivity contribution in [1.82, 2.24) is 10.3 Å². The monoisotopic (exact) mass is 298 g/mol. The highest BCUT2D eigenvalue weighted by Crippen LogP contribution is 2.26. The first-order valence-corrected chi connectivity index (χ1v) is 6.38. The average Bonchev–Trinajstić information content (AvgIpc) is 3.06. The first-order valence-electron chi connectivity index (χ1n) is 5.59. The van der Waals surface area contributed by atoms with Gasteiger partial charge in [0.1, 0.15) is 0 Å². The normalized spacial score (nSPS) is 14.4. The second-order valence-electron chi connectivity index (χ2n) is 4.10. The SMILES string of the molecule is Nc1cncc(Br)c1NCCC(=O)NC1CC1. The zero-order valence-corrected chi connectivity index (χ0v) is 11.0. The minimum absolute atomic E-state index is 0.0868. The van der Waals surface area contributed by atoms with Crippen LogP contribution in [0.2, 0.25) is 0 Å². The Bertz CT molecular complexity index is 400. The van der Waals surface area contributed by atoms with Gasteiger partial charge in [0.25, 0.3) is 0 Å². The minimum atomic E-state index is 0.0868. The van der Waals surface area contributed by atoms with E-state index in [-0.39, 0.29) is 5.91 Å². The molecule has 0 unspecified atom stereocenters. The Kier molecular flexibility index (Phi) is 3.83. The highest BCUT2D eigenvalue weighted by molar-refractivity contribution is 9.10. The molecule has 0 aromatic carbocycles. The smallest absolute Gasteiger partial charge is 0.221 e. The number of pyridine rings is 1. The summed E-state index contributed by atoms with van der Waals surface area (Å²) < 4.78 is 0.806. The van der Waals surface area contributed by atoms with Crippen molar-refractivity contribution < 1.29 is 4.79 Å². The molecule has 92 valence electrons. The molecule has 4 N–H and O–H groups in total. The number of carbonyl (C=O) groups is 1. The molecular weight excluding hydrogens is 284 g/mol. The highest BCUT2D eigenvalue weighted by Gasteiger charge is 2.22. The zero-order valence-electron chi connectivity index (χ0n) is 9.37. The van der Waals surface area contributed by atoms with Gasteiger partial charge in [0.15, 0.2) is 0 Å². The average molecular weight is 299 g/mol. The number of nitrogens with zero attached hydrogens (tertiary/aromatic N) is 1. The van der Waals surface area contributed by atoms with E-state index < -0.39 is 0 Å². The molecule has 1 aliphatic carbocycles. The molecular formula is C11H15BrN4O. The fourth-order valence-corrected chi connectivity index (χ4v) is 1.95. The Balaban J connectivity index is 1.79. The van der Waals surface area contributed by atoms with E-state index in [1.54, 1.807) is 12.4 Å². The largest absolute Gasteiger partial charge is 0.396 e. The Hall–Kier alpha value is -1.30. The molecule has 0 radical (unpaired) electrons. The van der Waals surface area contributed by atoms with E-state index in [4.69, 9.17) is 5.73 Å². The van der Waals surface area contributed by atoms with Crippen LogP contribution in [-0.4, -0.2) is 23.5 Å². The third-order valence-electron chi connectivity index (χ3n) is 2.53. The van der Waals surface area contributed by atoms with E-state index in [9.17, 15) is 4.79 Å². The fraction of sp³-hybridized carbons (Fsp3) is 0.455. The summed E-state index contributed by atoms with van der Waals surface area (Å²) in [6, 6.07) is 0.417. The molecule has 0 saturated heterocycles. The molecule has 0 atom stereocenters. The van der Waals surface area contributed by atoms with Crippen molar-refractivity contribution in [1.29, 1.82) is 0 Å². The summed E-state index contributed by atoms with van der Waals surface area (Å²) >= 11 is 3.36. The maximum Gasteiger partial charge on any atom is 0.221 e. The van der Waals surface area contributed by atoms with Gasteiger partial charge in [0.05, 0.1) is 22.0 Å². The summed E-state index contributed by atoms with van der Waals surface area (Å²) in [5.41, 5.74) is 7.14. The molecule has 1 fully saturated rings. The quantitative estimate of drug-likeness (QED) is 0.770. The molecule has 0 bridgehead atoms. The van der Waals surface area contributed by atoms with Gasteiger partial charge in [-0.05, 0) is 28.8 Å². The van der Waals surface area contributed by atoms with Crippen LogP contribution >= 0.6 is 15.9 Å². The van der Waals surface area contributed by atoms with Crippen LogP contribution < -0.4 is 16.4 Å². The first-order chi connectivity index (χ1) is 8.16. The molecule has 1 aliphatic rings. The predicted molar refractivity (Wildman–Crippen MR) is 70.6 cm³/mol. The number of hydrogen-bond acceptors (Lipinski definition) is 4. The highest BCUT2D eigenvalue weighted by atomic mass is 79.9. The molecule has 2 rings (SSSR count). The summed E-state index contributed by atoms with van der Waals surface area (Å²) in [5, 5.41) is 6.07. The van der Waals surface area contributed by atoms with E-state index in [2.05, 4.69) is 31.5 Å². The van der Waals surface area contributed by atoms with Gasteiger partial charge in [-0.1, -0.05) is 0 Å². The third kappa shape index (κ3) is 3.59. The maximum absolute atomic E-state index is 11.4. The van der Waals surface area contributed by atoms with Crippen molar-refractivity contribution in [3.63, 3.8) is 0 Å². The summed E-state index contributed by atoms with van der Waals surface area (Å²) in [4.78, 5) is 15.4. The molecule has 1 aromatic rings. The summed E-state index contributed by atoms with van der Waals surface area (Å²) in [6.07, 6.45) is 5.93. The van der Waals surface area contributed by atoms with Crippen molar-refractivity contribution in [3.05, 3.63) is 16.9 Å². The van der Waals surface area contributed by atoms with E-state index >= 15 is 0 Å². The molecule has 6 heteroatoms. The lowest BCUT2D eigenvalue weighted by Crippen LogP contribution is -2.27. The van der Waals surface area contributed by atoms with Crippen LogP contribution in [0.25, 0.3) is 0 Å². The number of anilines is 2. The Labute approximate surface area is 108 Å². The van der Waals surface area contributed by atoms with Crippen molar-refractivity contribution in [2.45, 2.75) is 25.3 Å². The Morgan fingerprint density at radius 3 is 2.94 bits per heavy atom. The van der Waals surface area contributed by atoms with E-state index in [0.717, 1.165) is 23.0 Å². The van der Waals surface area contributed by atoms with Gasteiger partial charge in [-0.15, -0.1) is 0 Å². The summed E-state index contributed by atoms with van der Waals surface area (Å²) in [6.45, 7) is 0.561. The topological polar surface area (TPSA) is 80.0 Å². The lowest BCUT2D eigenvalue weighted by Gasteiger charge is -2.10. The number of aromatic nitrogens is 1. The third-order valence-corrected chi connectivity index (χ3v) is 3.13. The van der Waals surface area contributed by atoms with Crippen LogP contribution in [0.4, 0.5) is 11.4 Å². The first kappa shape index (κ1) is 12.2. The molecule has 0 spiro atoms. The number of halogens is 1. The van der Waals surface area contributed by atoms with E-state index in [1.165, 1.54) is 0 Å². The fourth-order valence-electron chi connectivity index (χ4n) is 1.47. The van der Waals surface area contributed by atoms with Gasteiger partial charge >= 0.3 is 0 Å². The van der Waals surface area contributed by atoms with E-state index in [0.29, 0.717) is 24.7 Å². The predicted octanol–water partition coefficient (Wildman–Crippen LogP) is 1.51. The second-order valence-corrected chi connectivity index (χ2v) is 4.96. The number of nitrogens with two attached hydrogens (primary N) is 1. The second kappa shape index (κ2) is 5.35. The lowest BCUT2D eigenvalue weighted by atomic mass is 10.3. The zero-order chi connectivity index (χ0) is 12.3. The van der Waals surface area contributed by atoms with Crippen molar-refractivity contribution in [2.75, 3.05) is 17.6 Å². The standard InChI is InChI=1S/C11H15BrN4O/c12-8-5-14-6-9(13)11(8)15-4-3-10(17)16-7-1-2-7/h5-7H,1-4,13H2,(H,14,15)(H,16,17). The number of carbonyl (C=O) groups excluding carboxylic acids is 1. The van der Waals surface area contributed by atoms with Gasteiger partial charge < -0.3 is 16.4 Å². The van der Waals surface area contributed by atoms with Crippen LogP contribution in [-0.2, 0) is 4.79 Å². The van der Waals surface area contributed by atoms with Crippen molar-refractivity contribution in [2.24, 2.45) is 0 Å². The van der Waals surface area contributed by atoms with Crippen molar-refractivity contribution in [3.8, 4) is 0 Å². The molecule has 1 heterocycles. The maximum atomic E-state index is 11.4. The number of amides is 1. The summed E-state index contributed by atoms with van der Waals surface area (Å²) in [7, 11) is 0. The van der Waals surface area contributed by atoms with Crippen LogP contribution in [0.15, 0.2) is 16.9 Å². The van der Waals surface area contributed by atoms with Crippen LogP contribution in [0.5, 0.6) is 0 Å². The number of hydrogen-bond donors (Lipinski definition) is 3. The van der Waals surface area contributed by atoms with E-state index in [1.807, 2.05) is 0 Å². The summed E-state index contributed by atoms with van der Waals surface area (Å²) in [5.74, 6) is 0.0868. The minimum Gasteiger partial charge on any atom is -0.396 e. The number of rotatable bonds is 5. The van der Waals surface area contributed by atoms with Crippen LogP contribution in [0.1, 0.15) is 19.3 Å². The molecule has 1 amide bonds. The van der Waals surface area contributed by atoms with Crippen LogP contribution in [0, 0.1) is 0 Å². The molecule has 0 aliphatic heterocycles. The van der Waals surface area contributed by atoms with Crippen LogP contribution in [0.3, 0.4) is 0 Å². The molecule has 17 heavy (non-hydrogen) atoms. The van der Waals surface area contributed by atoms with Gasteiger partial charge in [-0.25, -0.2) is 0 Å². The Morgan fingerprint density at radius 1 is 1.53 bits per heavy atom. The molecule has 1 saturated carbocycles. The molecule has 5 nitrogen and oxygen atoms in total. The van der Waals surface area contributed by atoms with Crippen molar-refractivity contribution >= 4 is 33.2 Å². The van der Waals surface area contributed by atoms with Gasteiger partial charge in [0, 0.05) is 25.2 Å². The van der Waals surface area contributed by atoms with Gasteiger partial charge in [0.2, 0.25) is 5.91 Å². The lowest BCUT2D eigenvalue weighted by molar-refractivity contribution is -0.120. The van der Waals surface area contributed by atoms with Gasteiger partial charge in [-0.2, -0.15) is 0 Å². The number of nitrogen functional groups attached to an aromatic ring is 1. The Morgan fingerprint density at radius 2 is 2.29 bits per heavy atom.